The van der Waals surface area contributed by atoms with E-state index in [-0.39, 0.29) is 24.7 Å². The van der Waals surface area contributed by atoms with Crippen molar-refractivity contribution < 1.29 is 13.6 Å². The summed E-state index contributed by atoms with van der Waals surface area (Å²) in [5.41, 5.74) is 1.71. The van der Waals surface area contributed by atoms with E-state index < -0.39 is 11.6 Å². The molecule has 3 rings (SSSR count). The number of anilines is 2. The van der Waals surface area contributed by atoms with Crippen molar-refractivity contribution in [3.63, 3.8) is 0 Å². The Labute approximate surface area is 125 Å². The second-order valence-electron chi connectivity index (χ2n) is 4.89. The van der Waals surface area contributed by atoms with E-state index in [2.05, 4.69) is 11.4 Å². The fourth-order valence-corrected chi connectivity index (χ4v) is 2.41. The molecule has 2 aromatic rings. The number of carbonyl (C=O) groups is 1. The second-order valence-corrected chi connectivity index (χ2v) is 4.89. The Bertz CT molecular complexity index is 798. The van der Waals surface area contributed by atoms with Crippen molar-refractivity contribution in [2.75, 3.05) is 16.8 Å². The zero-order valence-electron chi connectivity index (χ0n) is 11.4. The van der Waals surface area contributed by atoms with Crippen LogP contribution in [0.15, 0.2) is 36.4 Å². The largest absolute Gasteiger partial charge is 0.374 e. The molecule has 22 heavy (non-hydrogen) atoms. The van der Waals surface area contributed by atoms with Gasteiger partial charge in [0, 0.05) is 12.1 Å². The molecular formula is C16H11F2N3O. The minimum Gasteiger partial charge on any atom is -0.374 e. The van der Waals surface area contributed by atoms with Gasteiger partial charge >= 0.3 is 0 Å². The number of carbonyl (C=O) groups excluding carboxylic acids is 1. The zero-order valence-corrected chi connectivity index (χ0v) is 11.4. The molecule has 1 N–H and O–H groups in total. The van der Waals surface area contributed by atoms with Crippen molar-refractivity contribution in [2.24, 2.45) is 0 Å². The summed E-state index contributed by atoms with van der Waals surface area (Å²) in [5.74, 6) is -2.27. The van der Waals surface area contributed by atoms with Crippen molar-refractivity contribution in [1.82, 2.24) is 0 Å². The number of benzene rings is 2. The summed E-state index contributed by atoms with van der Waals surface area (Å²) < 4.78 is 26.8. The van der Waals surface area contributed by atoms with Gasteiger partial charge in [-0.25, -0.2) is 8.78 Å². The molecule has 2 aromatic carbocycles. The van der Waals surface area contributed by atoms with Gasteiger partial charge in [0.25, 0.3) is 0 Å². The zero-order chi connectivity index (χ0) is 15.7. The fraction of sp³-hybridized carbons (Fsp3) is 0.125. The predicted molar refractivity (Wildman–Crippen MR) is 77.2 cm³/mol. The first kappa shape index (κ1) is 14.0. The maximum Gasteiger partial charge on any atom is 0.246 e. The molecule has 0 saturated carbocycles. The van der Waals surface area contributed by atoms with Crippen LogP contribution in [-0.4, -0.2) is 12.5 Å². The highest BCUT2D eigenvalue weighted by atomic mass is 19.2. The van der Waals surface area contributed by atoms with Crippen LogP contribution in [0, 0.1) is 23.0 Å². The number of fused-ring (bicyclic) bond motifs is 1. The molecule has 0 atom stereocenters. The quantitative estimate of drug-likeness (QED) is 0.927. The van der Waals surface area contributed by atoms with Crippen molar-refractivity contribution in [1.29, 1.82) is 5.26 Å². The molecule has 0 bridgehead atoms. The Hall–Kier alpha value is -2.94. The van der Waals surface area contributed by atoms with Gasteiger partial charge in [-0.05, 0) is 11.6 Å². The number of rotatable bonds is 2. The SMILES string of the molecule is N#Cc1ccccc1CN1C(=O)CNc2cc(F)c(F)cc21. The van der Waals surface area contributed by atoms with Gasteiger partial charge in [-0.2, -0.15) is 5.26 Å². The van der Waals surface area contributed by atoms with Gasteiger partial charge in [0.2, 0.25) is 5.91 Å². The van der Waals surface area contributed by atoms with Gasteiger partial charge in [-0.3, -0.25) is 4.79 Å². The predicted octanol–water partition coefficient (Wildman–Crippen LogP) is 2.80. The third-order valence-electron chi connectivity index (χ3n) is 3.53. The highest BCUT2D eigenvalue weighted by molar-refractivity contribution is 6.02. The number of nitrogens with one attached hydrogen (secondary N) is 1. The normalized spacial score (nSPS) is 13.3. The van der Waals surface area contributed by atoms with Gasteiger partial charge in [-0.1, -0.05) is 18.2 Å². The first-order chi connectivity index (χ1) is 10.6. The molecule has 110 valence electrons. The molecule has 0 spiro atoms. The summed E-state index contributed by atoms with van der Waals surface area (Å²) in [6, 6.07) is 10.9. The average Bonchev–Trinajstić information content (AvgIpc) is 2.52. The van der Waals surface area contributed by atoms with Crippen LogP contribution in [0.2, 0.25) is 0 Å². The van der Waals surface area contributed by atoms with E-state index in [1.807, 2.05) is 0 Å². The monoisotopic (exact) mass is 299 g/mol. The van der Waals surface area contributed by atoms with Crippen LogP contribution in [0.5, 0.6) is 0 Å². The first-order valence-corrected chi connectivity index (χ1v) is 6.61. The lowest BCUT2D eigenvalue weighted by Gasteiger charge is -2.30. The Balaban J connectivity index is 2.03. The van der Waals surface area contributed by atoms with Crippen LogP contribution in [0.1, 0.15) is 11.1 Å². The molecule has 0 unspecified atom stereocenters. The number of hydrogen-bond donors (Lipinski definition) is 1. The molecule has 4 nitrogen and oxygen atoms in total. The second kappa shape index (κ2) is 5.45. The summed E-state index contributed by atoms with van der Waals surface area (Å²) in [6.07, 6.45) is 0. The molecule has 1 aliphatic heterocycles. The summed E-state index contributed by atoms with van der Waals surface area (Å²) in [4.78, 5) is 13.5. The highest BCUT2D eigenvalue weighted by Crippen LogP contribution is 2.33. The van der Waals surface area contributed by atoms with E-state index in [0.29, 0.717) is 16.8 Å². The molecular weight excluding hydrogens is 288 g/mol. The lowest BCUT2D eigenvalue weighted by atomic mass is 10.1. The Morgan fingerprint density at radius 3 is 2.73 bits per heavy atom. The van der Waals surface area contributed by atoms with E-state index in [1.54, 1.807) is 24.3 Å². The number of amides is 1. The van der Waals surface area contributed by atoms with E-state index in [1.165, 1.54) is 4.90 Å². The molecule has 1 amide bonds. The summed E-state index contributed by atoms with van der Waals surface area (Å²) >= 11 is 0. The van der Waals surface area contributed by atoms with E-state index >= 15 is 0 Å². The molecule has 1 heterocycles. The van der Waals surface area contributed by atoms with E-state index in [9.17, 15) is 13.6 Å². The van der Waals surface area contributed by atoms with Crippen LogP contribution in [0.3, 0.4) is 0 Å². The average molecular weight is 299 g/mol. The molecule has 0 fully saturated rings. The van der Waals surface area contributed by atoms with Crippen LogP contribution in [0.4, 0.5) is 20.2 Å². The van der Waals surface area contributed by atoms with Crippen LogP contribution >= 0.6 is 0 Å². The van der Waals surface area contributed by atoms with Gasteiger partial charge < -0.3 is 10.2 Å². The summed E-state index contributed by atoms with van der Waals surface area (Å²) in [7, 11) is 0. The maximum atomic E-state index is 13.5. The third-order valence-corrected chi connectivity index (χ3v) is 3.53. The number of nitrogens with zero attached hydrogens (tertiary/aromatic N) is 2. The van der Waals surface area contributed by atoms with Gasteiger partial charge in [0.1, 0.15) is 0 Å². The topological polar surface area (TPSA) is 56.1 Å². The minimum atomic E-state index is -1.02. The van der Waals surface area contributed by atoms with Crippen molar-refractivity contribution in [3.8, 4) is 6.07 Å². The van der Waals surface area contributed by atoms with Crippen molar-refractivity contribution in [2.45, 2.75) is 6.54 Å². The van der Waals surface area contributed by atoms with Crippen molar-refractivity contribution in [3.05, 3.63) is 59.2 Å². The lowest BCUT2D eigenvalue weighted by molar-refractivity contribution is -0.117. The van der Waals surface area contributed by atoms with Gasteiger partial charge in [0.15, 0.2) is 11.6 Å². The smallest absolute Gasteiger partial charge is 0.246 e. The molecule has 0 aromatic heterocycles. The Morgan fingerprint density at radius 2 is 1.95 bits per heavy atom. The summed E-state index contributed by atoms with van der Waals surface area (Å²) in [6.45, 7) is 0.120. The van der Waals surface area contributed by atoms with Crippen LogP contribution < -0.4 is 10.2 Å². The standard InChI is InChI=1S/C16H11F2N3O/c17-12-5-14-15(6-13(12)18)21(16(22)8-20-14)9-11-4-2-1-3-10(11)7-19/h1-6,20H,8-9H2. The van der Waals surface area contributed by atoms with Gasteiger partial charge in [0.05, 0.1) is 36.1 Å². The third kappa shape index (κ3) is 2.37. The van der Waals surface area contributed by atoms with Crippen molar-refractivity contribution >= 4 is 17.3 Å². The van der Waals surface area contributed by atoms with Gasteiger partial charge in [-0.15, -0.1) is 0 Å². The maximum absolute atomic E-state index is 13.5. The molecule has 6 heteroatoms. The molecule has 1 aliphatic rings. The van der Waals surface area contributed by atoms with Crippen LogP contribution in [0.25, 0.3) is 0 Å². The minimum absolute atomic E-state index is 0.00715. The number of nitriles is 1. The molecule has 0 radical (unpaired) electrons. The number of hydrogen-bond acceptors (Lipinski definition) is 3. The first-order valence-electron chi connectivity index (χ1n) is 6.61. The Kier molecular flexibility index (Phi) is 3.47. The summed E-state index contributed by atoms with van der Waals surface area (Å²) in [5, 5.41) is 11.9. The molecule has 0 saturated heterocycles. The molecule has 0 aliphatic carbocycles. The number of halogens is 2. The highest BCUT2D eigenvalue weighted by Gasteiger charge is 2.26. The van der Waals surface area contributed by atoms with E-state index in [0.717, 1.165) is 12.1 Å². The van der Waals surface area contributed by atoms with Crippen LogP contribution in [-0.2, 0) is 11.3 Å². The van der Waals surface area contributed by atoms with E-state index in [4.69, 9.17) is 5.26 Å². The Morgan fingerprint density at radius 1 is 1.23 bits per heavy atom. The lowest BCUT2D eigenvalue weighted by Crippen LogP contribution is -2.39. The fourth-order valence-electron chi connectivity index (χ4n) is 2.41.